The minimum atomic E-state index is -3.81. The second-order valence-electron chi connectivity index (χ2n) is 9.62. The molecule has 0 radical (unpaired) electrons. The smallest absolute Gasteiger partial charge is 0.244 e. The normalized spacial score (nSPS) is 15.2. The first-order valence-corrected chi connectivity index (χ1v) is 14.6. The van der Waals surface area contributed by atoms with Gasteiger partial charge in [0.2, 0.25) is 21.8 Å². The van der Waals surface area contributed by atoms with Gasteiger partial charge in [-0.05, 0) is 62.4 Å². The molecule has 1 aliphatic carbocycles. The fourth-order valence-electron chi connectivity index (χ4n) is 4.58. The highest BCUT2D eigenvalue weighted by atomic mass is 35.5. The molecule has 2 aromatic rings. The molecule has 3 rings (SSSR count). The van der Waals surface area contributed by atoms with Crippen LogP contribution in [0.5, 0.6) is 0 Å². The van der Waals surface area contributed by atoms with Crippen molar-refractivity contribution in [1.82, 2.24) is 10.2 Å². The number of sulfonamides is 1. The van der Waals surface area contributed by atoms with Crippen LogP contribution in [0.2, 0.25) is 5.02 Å². The van der Waals surface area contributed by atoms with Gasteiger partial charge in [-0.2, -0.15) is 0 Å². The van der Waals surface area contributed by atoms with E-state index in [1.54, 1.807) is 32.0 Å². The van der Waals surface area contributed by atoms with Crippen LogP contribution in [-0.4, -0.2) is 50.0 Å². The summed E-state index contributed by atoms with van der Waals surface area (Å²) in [7, 11) is -3.81. The number of hydrogen-bond acceptors (Lipinski definition) is 4. The van der Waals surface area contributed by atoms with Crippen molar-refractivity contribution in [2.24, 2.45) is 0 Å². The number of halogens is 1. The van der Waals surface area contributed by atoms with E-state index in [1.165, 1.54) is 11.3 Å². The Balaban J connectivity index is 1.91. The Bertz CT molecular complexity index is 1200. The van der Waals surface area contributed by atoms with Crippen molar-refractivity contribution in [2.45, 2.75) is 71.5 Å². The summed E-state index contributed by atoms with van der Waals surface area (Å²) in [6.07, 6.45) is 6.25. The molecular weight excluding hydrogens is 498 g/mol. The number of amides is 2. The van der Waals surface area contributed by atoms with Crippen LogP contribution in [-0.2, 0) is 26.2 Å². The number of aryl methyl sites for hydroxylation is 1. The number of carbonyl (C=O) groups excluding carboxylic acids is 2. The minimum absolute atomic E-state index is 0.103. The van der Waals surface area contributed by atoms with Gasteiger partial charge in [-0.1, -0.05) is 61.2 Å². The van der Waals surface area contributed by atoms with Crippen LogP contribution in [0.3, 0.4) is 0 Å². The average Bonchev–Trinajstić information content (AvgIpc) is 2.83. The quantitative estimate of drug-likeness (QED) is 0.511. The van der Waals surface area contributed by atoms with Gasteiger partial charge in [-0.15, -0.1) is 0 Å². The van der Waals surface area contributed by atoms with Crippen LogP contribution in [0, 0.1) is 13.8 Å². The Kier molecular flexibility index (Phi) is 9.41. The van der Waals surface area contributed by atoms with Crippen LogP contribution in [0.25, 0.3) is 0 Å². The van der Waals surface area contributed by atoms with Gasteiger partial charge in [0.05, 0.1) is 11.9 Å². The Morgan fingerprint density at radius 3 is 2.36 bits per heavy atom. The predicted octanol–water partition coefficient (Wildman–Crippen LogP) is 4.59. The van der Waals surface area contributed by atoms with Crippen LogP contribution < -0.4 is 9.62 Å². The summed E-state index contributed by atoms with van der Waals surface area (Å²) in [5, 5.41) is 3.51. The Labute approximate surface area is 219 Å². The summed E-state index contributed by atoms with van der Waals surface area (Å²) in [6.45, 7) is 5.11. The number of rotatable bonds is 9. The molecule has 0 aromatic heterocycles. The third kappa shape index (κ3) is 7.01. The Morgan fingerprint density at radius 1 is 1.06 bits per heavy atom. The third-order valence-electron chi connectivity index (χ3n) is 6.91. The lowest BCUT2D eigenvalue weighted by Gasteiger charge is -2.33. The molecule has 2 amide bonds. The molecule has 1 saturated carbocycles. The van der Waals surface area contributed by atoms with Crippen molar-refractivity contribution in [1.29, 1.82) is 0 Å². The second kappa shape index (κ2) is 12.1. The maximum atomic E-state index is 13.7. The molecule has 1 fully saturated rings. The van der Waals surface area contributed by atoms with Gasteiger partial charge >= 0.3 is 0 Å². The first-order chi connectivity index (χ1) is 17.0. The highest BCUT2D eigenvalue weighted by Crippen LogP contribution is 2.28. The zero-order valence-electron chi connectivity index (χ0n) is 21.5. The maximum absolute atomic E-state index is 13.7. The zero-order valence-corrected chi connectivity index (χ0v) is 23.0. The van der Waals surface area contributed by atoms with E-state index in [4.69, 9.17) is 11.6 Å². The van der Waals surface area contributed by atoms with E-state index >= 15 is 0 Å². The molecule has 0 unspecified atom stereocenters. The summed E-state index contributed by atoms with van der Waals surface area (Å²) in [5.41, 5.74) is 2.79. The second-order valence-corrected chi connectivity index (χ2v) is 11.9. The molecule has 0 bridgehead atoms. The molecule has 1 N–H and O–H groups in total. The van der Waals surface area contributed by atoms with Gasteiger partial charge in [0.1, 0.15) is 12.6 Å². The van der Waals surface area contributed by atoms with Crippen molar-refractivity contribution in [3.63, 3.8) is 0 Å². The molecule has 0 aliphatic heterocycles. The van der Waals surface area contributed by atoms with E-state index in [1.807, 2.05) is 31.2 Å². The van der Waals surface area contributed by atoms with Crippen molar-refractivity contribution in [3.8, 4) is 0 Å². The van der Waals surface area contributed by atoms with E-state index in [-0.39, 0.29) is 18.5 Å². The molecule has 0 spiro atoms. The summed E-state index contributed by atoms with van der Waals surface area (Å²) >= 11 is 6.25. The largest absolute Gasteiger partial charge is 0.352 e. The van der Waals surface area contributed by atoms with Crippen LogP contribution in [0.4, 0.5) is 5.69 Å². The van der Waals surface area contributed by atoms with E-state index in [2.05, 4.69) is 5.32 Å². The first-order valence-electron chi connectivity index (χ1n) is 12.4. The monoisotopic (exact) mass is 533 g/mol. The lowest BCUT2D eigenvalue weighted by Crippen LogP contribution is -2.53. The molecule has 36 heavy (non-hydrogen) atoms. The van der Waals surface area contributed by atoms with Gasteiger partial charge in [-0.25, -0.2) is 8.42 Å². The highest BCUT2D eigenvalue weighted by molar-refractivity contribution is 7.92. The Hall–Kier alpha value is -2.58. The van der Waals surface area contributed by atoms with Crippen LogP contribution >= 0.6 is 11.6 Å². The van der Waals surface area contributed by atoms with E-state index in [9.17, 15) is 18.0 Å². The predicted molar refractivity (Wildman–Crippen MR) is 145 cm³/mol. The number of nitrogens with one attached hydrogen (secondary N) is 1. The molecule has 1 atom stereocenters. The molecule has 7 nitrogen and oxygen atoms in total. The van der Waals surface area contributed by atoms with Gasteiger partial charge in [0.15, 0.2) is 0 Å². The maximum Gasteiger partial charge on any atom is 0.244 e. The van der Waals surface area contributed by atoms with Crippen LogP contribution in [0.1, 0.15) is 55.7 Å². The fraction of sp³-hybridized carbons (Fsp3) is 0.481. The fourth-order valence-corrected chi connectivity index (χ4v) is 5.65. The van der Waals surface area contributed by atoms with Crippen LogP contribution in [0.15, 0.2) is 42.5 Å². The third-order valence-corrected chi connectivity index (χ3v) is 8.44. The standard InChI is InChI=1S/C27H36ClN3O4S/c1-19-11-8-9-12-22(19)17-30(21(3)27(33)29-23-13-6-5-7-14-23)26(32)18-31(36(4,34)35)25-16-10-15-24(28)20(25)2/h8-12,15-16,21,23H,5-7,13-14,17-18H2,1-4H3,(H,29,33)/t21-/m1/s1. The lowest BCUT2D eigenvalue weighted by molar-refractivity contribution is -0.139. The van der Waals surface area contributed by atoms with Crippen molar-refractivity contribution < 1.29 is 18.0 Å². The molecule has 2 aromatic carbocycles. The summed E-state index contributed by atoms with van der Waals surface area (Å²) in [5.74, 6) is -0.692. The number of nitrogens with zero attached hydrogens (tertiary/aromatic N) is 2. The molecule has 0 heterocycles. The average molecular weight is 534 g/mol. The van der Waals surface area contributed by atoms with Crippen molar-refractivity contribution in [2.75, 3.05) is 17.1 Å². The minimum Gasteiger partial charge on any atom is -0.352 e. The van der Waals surface area contributed by atoms with E-state index < -0.39 is 28.5 Å². The molecule has 196 valence electrons. The van der Waals surface area contributed by atoms with Gasteiger partial charge in [-0.3, -0.25) is 13.9 Å². The Morgan fingerprint density at radius 2 is 1.72 bits per heavy atom. The highest BCUT2D eigenvalue weighted by Gasteiger charge is 2.32. The van der Waals surface area contributed by atoms with Crippen molar-refractivity contribution >= 4 is 39.1 Å². The lowest BCUT2D eigenvalue weighted by atomic mass is 9.95. The summed E-state index contributed by atoms with van der Waals surface area (Å²) in [6, 6.07) is 11.9. The zero-order chi connectivity index (χ0) is 26.5. The molecule has 0 saturated heterocycles. The van der Waals surface area contributed by atoms with E-state index in [0.29, 0.717) is 16.3 Å². The van der Waals surface area contributed by atoms with Gasteiger partial charge in [0.25, 0.3) is 0 Å². The molecular formula is C27H36ClN3O4S. The van der Waals surface area contributed by atoms with Crippen molar-refractivity contribution in [3.05, 3.63) is 64.2 Å². The first kappa shape index (κ1) is 28.0. The number of carbonyl (C=O) groups is 2. The van der Waals surface area contributed by atoms with Gasteiger partial charge in [0, 0.05) is 17.6 Å². The molecule has 1 aliphatic rings. The number of anilines is 1. The van der Waals surface area contributed by atoms with Gasteiger partial charge < -0.3 is 10.2 Å². The summed E-state index contributed by atoms with van der Waals surface area (Å²) in [4.78, 5) is 28.4. The topological polar surface area (TPSA) is 86.8 Å². The summed E-state index contributed by atoms with van der Waals surface area (Å²) < 4.78 is 26.6. The number of benzene rings is 2. The van der Waals surface area contributed by atoms with E-state index in [0.717, 1.165) is 47.4 Å². The molecule has 9 heteroatoms. The SMILES string of the molecule is Cc1ccccc1CN(C(=O)CN(c1cccc(Cl)c1C)S(C)(=O)=O)[C@H](C)C(=O)NC1CCCCC1. The number of hydrogen-bond donors (Lipinski definition) is 1.